The Labute approximate surface area is 98.8 Å². The average molecular weight is 209 g/mol. The van der Waals surface area contributed by atoms with Gasteiger partial charge in [0, 0.05) is 17.5 Å². The largest absolute Gasteiger partial charge is 0.321 e. The molecule has 1 heterocycles. The van der Waals surface area contributed by atoms with Crippen molar-refractivity contribution in [3.05, 3.63) is 23.8 Å². The van der Waals surface area contributed by atoms with E-state index in [0.29, 0.717) is 6.42 Å². The highest BCUT2D eigenvalue weighted by atomic mass is 16.2. The lowest BCUT2D eigenvalue weighted by Crippen LogP contribution is -2.43. The minimum absolute atomic E-state index is 0.0739. The van der Waals surface area contributed by atoms with Crippen LogP contribution in [0.15, 0.2) is 18.2 Å². The monoisotopic (exact) mass is 209 g/mol. The van der Waals surface area contributed by atoms with Gasteiger partial charge in [0.15, 0.2) is 0 Å². The van der Waals surface area contributed by atoms with Gasteiger partial charge in [-0.2, -0.15) is 0 Å². The Morgan fingerprint density at radius 2 is 2.12 bits per heavy atom. The van der Waals surface area contributed by atoms with Gasteiger partial charge in [-0.05, 0) is 18.1 Å². The first-order valence-electron chi connectivity index (χ1n) is 5.36. The minimum Gasteiger partial charge on any atom is -0.321 e. The van der Waals surface area contributed by atoms with E-state index in [2.05, 4.69) is 13.8 Å². The van der Waals surface area contributed by atoms with Crippen LogP contribution < -0.4 is 10.4 Å². The summed E-state index contributed by atoms with van der Waals surface area (Å²) in [6.45, 7) is 4.11. The molecule has 0 aliphatic carbocycles. The molecule has 0 aromatic heterocycles. The van der Waals surface area contributed by atoms with Crippen LogP contribution in [0.2, 0.25) is 0 Å². The van der Waals surface area contributed by atoms with Gasteiger partial charge in [-0.15, -0.1) is 0 Å². The Morgan fingerprint density at radius 3 is 2.75 bits per heavy atom. The molecular formula is C12H13B2NO. The average Bonchev–Trinajstić information content (AvgIpc) is 2.19. The van der Waals surface area contributed by atoms with Crippen molar-refractivity contribution < 1.29 is 4.79 Å². The lowest BCUT2D eigenvalue weighted by atomic mass is 9.75. The van der Waals surface area contributed by atoms with Crippen molar-refractivity contribution >= 4 is 32.7 Å². The number of rotatable bonds is 1. The molecule has 1 amide bonds. The molecule has 0 N–H and O–H groups in total. The third-order valence-corrected chi connectivity index (χ3v) is 3.12. The van der Waals surface area contributed by atoms with Gasteiger partial charge >= 0.3 is 0 Å². The van der Waals surface area contributed by atoms with Crippen molar-refractivity contribution in [1.29, 1.82) is 0 Å². The van der Waals surface area contributed by atoms with Crippen LogP contribution in [0.3, 0.4) is 0 Å². The summed E-state index contributed by atoms with van der Waals surface area (Å²) < 4.78 is 0. The second-order valence-corrected chi connectivity index (χ2v) is 4.84. The molecule has 16 heavy (non-hydrogen) atoms. The molecule has 0 bridgehead atoms. The molecule has 78 valence electrons. The Morgan fingerprint density at radius 1 is 1.44 bits per heavy atom. The number of fused-ring (bicyclic) bond motifs is 1. The van der Waals surface area contributed by atoms with Crippen molar-refractivity contribution in [2.75, 3.05) is 11.3 Å². The molecule has 0 fully saturated rings. The van der Waals surface area contributed by atoms with Gasteiger partial charge in [-0.1, -0.05) is 31.4 Å². The highest BCUT2D eigenvalue weighted by Gasteiger charge is 2.35. The summed E-state index contributed by atoms with van der Waals surface area (Å²) in [5, 5.41) is 0. The summed E-state index contributed by atoms with van der Waals surface area (Å²) in [7, 11) is 11.4. The fourth-order valence-electron chi connectivity index (χ4n) is 2.23. The van der Waals surface area contributed by atoms with Crippen LogP contribution in [0.1, 0.15) is 25.8 Å². The number of benzene rings is 1. The molecule has 0 unspecified atom stereocenters. The molecule has 2 rings (SSSR count). The second-order valence-electron chi connectivity index (χ2n) is 4.84. The van der Waals surface area contributed by atoms with Crippen LogP contribution in [0.4, 0.5) is 5.69 Å². The lowest BCUT2D eigenvalue weighted by Gasteiger charge is -2.38. The first-order valence-corrected chi connectivity index (χ1v) is 5.36. The summed E-state index contributed by atoms with van der Waals surface area (Å²) in [6.07, 6.45) is 0.687. The SMILES string of the molecule is [B]CN1C(=O)CC(C)(C)c2cc([B])ccc21. The van der Waals surface area contributed by atoms with Crippen molar-refractivity contribution in [2.45, 2.75) is 25.7 Å². The van der Waals surface area contributed by atoms with E-state index in [1.807, 2.05) is 12.1 Å². The van der Waals surface area contributed by atoms with Crippen molar-refractivity contribution in [3.8, 4) is 0 Å². The predicted molar refractivity (Wildman–Crippen MR) is 67.6 cm³/mol. The first kappa shape index (κ1) is 11.3. The normalized spacial score (nSPS) is 18.4. The highest BCUT2D eigenvalue weighted by molar-refractivity contribution is 6.32. The quantitative estimate of drug-likeness (QED) is 0.620. The molecule has 0 spiro atoms. The molecule has 1 aromatic carbocycles. The maximum Gasteiger partial charge on any atom is 0.227 e. The number of hydrogen-bond donors (Lipinski definition) is 0. The maximum absolute atomic E-state index is 11.9. The van der Waals surface area contributed by atoms with Gasteiger partial charge in [0.05, 0.1) is 7.85 Å². The van der Waals surface area contributed by atoms with E-state index in [4.69, 9.17) is 15.7 Å². The molecule has 2 nitrogen and oxygen atoms in total. The van der Waals surface area contributed by atoms with E-state index in [9.17, 15) is 4.79 Å². The summed E-state index contributed by atoms with van der Waals surface area (Å²) >= 11 is 0. The number of amides is 1. The van der Waals surface area contributed by atoms with Gasteiger partial charge in [0.1, 0.15) is 7.85 Å². The van der Waals surface area contributed by atoms with Crippen molar-refractivity contribution in [1.82, 2.24) is 0 Å². The first-order chi connectivity index (χ1) is 7.45. The fourth-order valence-corrected chi connectivity index (χ4v) is 2.23. The van der Waals surface area contributed by atoms with Crippen LogP contribution in [-0.2, 0) is 10.2 Å². The molecule has 1 aromatic rings. The van der Waals surface area contributed by atoms with Crippen LogP contribution >= 0.6 is 0 Å². The van der Waals surface area contributed by atoms with Gasteiger partial charge in [0.2, 0.25) is 5.91 Å². The van der Waals surface area contributed by atoms with Crippen molar-refractivity contribution in [3.63, 3.8) is 0 Å². The number of anilines is 1. The van der Waals surface area contributed by atoms with Crippen molar-refractivity contribution in [2.24, 2.45) is 0 Å². The third-order valence-electron chi connectivity index (χ3n) is 3.12. The zero-order chi connectivity index (χ0) is 11.9. The predicted octanol–water partition coefficient (Wildman–Crippen LogP) is 0.621. The van der Waals surface area contributed by atoms with Gasteiger partial charge in [0.25, 0.3) is 0 Å². The third kappa shape index (κ3) is 1.66. The van der Waals surface area contributed by atoms with Gasteiger partial charge in [-0.25, -0.2) is 0 Å². The number of carbonyl (C=O) groups is 1. The summed E-state index contributed by atoms with van der Waals surface area (Å²) in [5.41, 5.74) is 2.53. The molecule has 0 atom stereocenters. The Hall–Kier alpha value is -1.18. The smallest absolute Gasteiger partial charge is 0.227 e. The molecule has 4 heteroatoms. The number of nitrogens with zero attached hydrogens (tertiary/aromatic N) is 1. The Kier molecular flexibility index (Phi) is 2.61. The molecule has 0 saturated carbocycles. The van der Waals surface area contributed by atoms with Gasteiger partial charge < -0.3 is 4.90 Å². The summed E-state index contributed by atoms with van der Waals surface area (Å²) in [5.74, 6) is 0.0739. The topological polar surface area (TPSA) is 20.3 Å². The van der Waals surface area contributed by atoms with E-state index < -0.39 is 0 Å². The standard InChI is InChI=1S/C12H13B2NO/c1-12(2)6-11(16)15(7-13)10-4-3-8(14)5-9(10)12/h3-5H,6-7H2,1-2H3. The molecule has 4 radical (unpaired) electrons. The van der Waals surface area contributed by atoms with Crippen LogP contribution in [0.25, 0.3) is 0 Å². The van der Waals surface area contributed by atoms with Crippen LogP contribution in [0, 0.1) is 0 Å². The molecule has 1 aliphatic heterocycles. The Balaban J connectivity index is 2.62. The zero-order valence-corrected chi connectivity index (χ0v) is 9.66. The van der Waals surface area contributed by atoms with Gasteiger partial charge in [-0.3, -0.25) is 4.79 Å². The Bertz CT molecular complexity index is 443. The zero-order valence-electron chi connectivity index (χ0n) is 9.66. The maximum atomic E-state index is 11.9. The highest BCUT2D eigenvalue weighted by Crippen LogP contribution is 2.39. The van der Waals surface area contributed by atoms with Crippen LogP contribution in [-0.4, -0.2) is 28.0 Å². The van der Waals surface area contributed by atoms with E-state index in [1.165, 1.54) is 0 Å². The number of hydrogen-bond acceptors (Lipinski definition) is 1. The van der Waals surface area contributed by atoms with E-state index >= 15 is 0 Å². The van der Waals surface area contributed by atoms with E-state index in [-0.39, 0.29) is 17.8 Å². The number of carbonyl (C=O) groups excluding carboxylic acids is 1. The summed E-state index contributed by atoms with van der Waals surface area (Å²) in [4.78, 5) is 13.5. The molecule has 0 saturated heterocycles. The van der Waals surface area contributed by atoms with E-state index in [1.54, 1.807) is 11.0 Å². The second kappa shape index (κ2) is 3.69. The summed E-state index contributed by atoms with van der Waals surface area (Å²) in [6, 6.07) is 5.61. The molecular weight excluding hydrogens is 196 g/mol. The van der Waals surface area contributed by atoms with E-state index in [0.717, 1.165) is 16.7 Å². The van der Waals surface area contributed by atoms with Crippen LogP contribution in [0.5, 0.6) is 0 Å². The lowest BCUT2D eigenvalue weighted by molar-refractivity contribution is -0.119. The minimum atomic E-state index is -0.173. The fraction of sp³-hybridized carbons (Fsp3) is 0.417. The molecule has 1 aliphatic rings.